The van der Waals surface area contributed by atoms with Gasteiger partial charge in [0.1, 0.15) is 0 Å². The molecule has 1 saturated heterocycles. The van der Waals surface area contributed by atoms with Crippen molar-refractivity contribution in [3.63, 3.8) is 0 Å². The lowest BCUT2D eigenvalue weighted by atomic mass is 10.1. The number of benzene rings is 1. The molecule has 0 spiro atoms. The van der Waals surface area contributed by atoms with Crippen LogP contribution < -0.4 is 0 Å². The fourth-order valence-corrected chi connectivity index (χ4v) is 2.76. The predicted molar refractivity (Wildman–Crippen MR) is 81.9 cm³/mol. The fourth-order valence-electron chi connectivity index (χ4n) is 2.53. The lowest BCUT2D eigenvalue weighted by Crippen LogP contribution is -2.50. The molecule has 0 atom stereocenters. The van der Waals surface area contributed by atoms with E-state index in [2.05, 4.69) is 0 Å². The van der Waals surface area contributed by atoms with Crippen molar-refractivity contribution in [2.75, 3.05) is 26.2 Å². The first kappa shape index (κ1) is 16.4. The van der Waals surface area contributed by atoms with Crippen molar-refractivity contribution in [3.05, 3.63) is 58.5 Å². The molecular formula is C16H13ClF2N2O3. The number of carbonyl (C=O) groups excluding carboxylic acids is 2. The quantitative estimate of drug-likeness (QED) is 0.779. The van der Waals surface area contributed by atoms with E-state index in [-0.39, 0.29) is 35.3 Å². The maximum Gasteiger partial charge on any atom is 0.289 e. The molecule has 0 saturated carbocycles. The SMILES string of the molecule is O=C(c1ccco1)N1CCN(C(=O)c2cc(F)c(F)cc2Cl)CC1. The number of piperazine rings is 1. The van der Waals surface area contributed by atoms with Gasteiger partial charge >= 0.3 is 0 Å². The summed E-state index contributed by atoms with van der Waals surface area (Å²) in [6, 6.07) is 4.76. The number of hydrogen-bond acceptors (Lipinski definition) is 3. The Morgan fingerprint density at radius 2 is 1.58 bits per heavy atom. The molecule has 2 aromatic rings. The molecule has 1 aliphatic rings. The molecule has 1 aliphatic heterocycles. The van der Waals surface area contributed by atoms with E-state index in [1.54, 1.807) is 17.0 Å². The molecule has 2 amide bonds. The summed E-state index contributed by atoms with van der Waals surface area (Å²) in [7, 11) is 0. The van der Waals surface area contributed by atoms with Crippen LogP contribution >= 0.6 is 11.6 Å². The van der Waals surface area contributed by atoms with Gasteiger partial charge in [-0.3, -0.25) is 9.59 Å². The first-order valence-corrected chi connectivity index (χ1v) is 7.62. The summed E-state index contributed by atoms with van der Waals surface area (Å²) in [5, 5.41) is -0.145. The van der Waals surface area contributed by atoms with Gasteiger partial charge in [0.05, 0.1) is 16.8 Å². The molecule has 8 heteroatoms. The van der Waals surface area contributed by atoms with Crippen LogP contribution in [0.2, 0.25) is 5.02 Å². The van der Waals surface area contributed by atoms with Crippen LogP contribution in [0.1, 0.15) is 20.9 Å². The summed E-state index contributed by atoms with van der Waals surface area (Å²) in [4.78, 5) is 27.6. The van der Waals surface area contributed by atoms with Crippen LogP contribution in [-0.2, 0) is 0 Å². The van der Waals surface area contributed by atoms with E-state index in [0.29, 0.717) is 13.1 Å². The third-order valence-electron chi connectivity index (χ3n) is 3.83. The third kappa shape index (κ3) is 3.12. The van der Waals surface area contributed by atoms with Gasteiger partial charge in [-0.2, -0.15) is 0 Å². The van der Waals surface area contributed by atoms with E-state index in [4.69, 9.17) is 16.0 Å². The molecule has 0 N–H and O–H groups in total. The molecule has 1 fully saturated rings. The monoisotopic (exact) mass is 354 g/mol. The van der Waals surface area contributed by atoms with Gasteiger partial charge in [0, 0.05) is 26.2 Å². The van der Waals surface area contributed by atoms with E-state index >= 15 is 0 Å². The molecule has 0 aliphatic carbocycles. The minimum Gasteiger partial charge on any atom is -0.459 e. The van der Waals surface area contributed by atoms with Crippen LogP contribution in [0, 0.1) is 11.6 Å². The first-order valence-electron chi connectivity index (χ1n) is 7.24. The average molecular weight is 355 g/mol. The Kier molecular flexibility index (Phi) is 4.53. The Bertz CT molecular complexity index is 772. The molecule has 0 radical (unpaired) electrons. The summed E-state index contributed by atoms with van der Waals surface area (Å²) >= 11 is 5.83. The first-order chi connectivity index (χ1) is 11.5. The Morgan fingerprint density at radius 3 is 2.17 bits per heavy atom. The number of furan rings is 1. The van der Waals surface area contributed by atoms with Crippen LogP contribution in [0.4, 0.5) is 8.78 Å². The van der Waals surface area contributed by atoms with Crippen LogP contribution in [0.3, 0.4) is 0 Å². The lowest BCUT2D eigenvalue weighted by molar-refractivity contribution is 0.0518. The summed E-state index contributed by atoms with van der Waals surface area (Å²) in [5.74, 6) is -2.75. The molecule has 0 bridgehead atoms. The van der Waals surface area contributed by atoms with Gasteiger partial charge in [0.15, 0.2) is 17.4 Å². The summed E-state index contributed by atoms with van der Waals surface area (Å²) in [6.07, 6.45) is 1.41. The third-order valence-corrected chi connectivity index (χ3v) is 4.14. The summed E-state index contributed by atoms with van der Waals surface area (Å²) in [6.45, 7) is 1.15. The van der Waals surface area contributed by atoms with E-state index in [1.165, 1.54) is 11.2 Å². The van der Waals surface area contributed by atoms with Gasteiger partial charge in [-0.25, -0.2) is 8.78 Å². The van der Waals surface area contributed by atoms with E-state index < -0.39 is 17.5 Å². The number of amides is 2. The molecule has 0 unspecified atom stereocenters. The zero-order chi connectivity index (χ0) is 17.3. The average Bonchev–Trinajstić information content (AvgIpc) is 3.11. The van der Waals surface area contributed by atoms with Crippen LogP contribution in [0.25, 0.3) is 0 Å². The Hall–Kier alpha value is -2.41. The highest BCUT2D eigenvalue weighted by atomic mass is 35.5. The van der Waals surface area contributed by atoms with Gasteiger partial charge in [-0.05, 0) is 24.3 Å². The van der Waals surface area contributed by atoms with Gasteiger partial charge in [-0.15, -0.1) is 0 Å². The van der Waals surface area contributed by atoms with Crippen LogP contribution in [0.15, 0.2) is 34.9 Å². The van der Waals surface area contributed by atoms with Crippen LogP contribution in [0.5, 0.6) is 0 Å². The fraction of sp³-hybridized carbons (Fsp3) is 0.250. The van der Waals surface area contributed by atoms with Crippen molar-refractivity contribution >= 4 is 23.4 Å². The summed E-state index contributed by atoms with van der Waals surface area (Å²) in [5.41, 5.74) is -0.0959. The van der Waals surface area contributed by atoms with Gasteiger partial charge in [-0.1, -0.05) is 11.6 Å². The van der Waals surface area contributed by atoms with Crippen LogP contribution in [-0.4, -0.2) is 47.8 Å². The number of halogens is 3. The second kappa shape index (κ2) is 6.60. The molecule has 3 rings (SSSR count). The predicted octanol–water partition coefficient (Wildman–Crippen LogP) is 2.81. The molecule has 2 heterocycles. The number of nitrogens with zero attached hydrogens (tertiary/aromatic N) is 2. The lowest BCUT2D eigenvalue weighted by Gasteiger charge is -2.34. The zero-order valence-electron chi connectivity index (χ0n) is 12.5. The van der Waals surface area contributed by atoms with Gasteiger partial charge in [0.2, 0.25) is 0 Å². The van der Waals surface area contributed by atoms with Gasteiger partial charge < -0.3 is 14.2 Å². The van der Waals surface area contributed by atoms with Crippen molar-refractivity contribution in [2.45, 2.75) is 0 Å². The van der Waals surface area contributed by atoms with Gasteiger partial charge in [0.25, 0.3) is 11.8 Å². The number of carbonyl (C=O) groups is 2. The number of rotatable bonds is 2. The van der Waals surface area contributed by atoms with Crippen molar-refractivity contribution in [1.29, 1.82) is 0 Å². The normalized spacial score (nSPS) is 14.8. The Morgan fingerprint density at radius 1 is 1.00 bits per heavy atom. The minimum atomic E-state index is -1.13. The maximum absolute atomic E-state index is 13.3. The smallest absolute Gasteiger partial charge is 0.289 e. The molecule has 1 aromatic heterocycles. The molecule has 24 heavy (non-hydrogen) atoms. The van der Waals surface area contributed by atoms with Crippen molar-refractivity contribution in [3.8, 4) is 0 Å². The molecule has 5 nitrogen and oxygen atoms in total. The van der Waals surface area contributed by atoms with E-state index in [9.17, 15) is 18.4 Å². The van der Waals surface area contributed by atoms with Crippen molar-refractivity contribution in [2.24, 2.45) is 0 Å². The topological polar surface area (TPSA) is 53.8 Å². The zero-order valence-corrected chi connectivity index (χ0v) is 13.2. The maximum atomic E-state index is 13.3. The highest BCUT2D eigenvalue weighted by Gasteiger charge is 2.28. The second-order valence-corrected chi connectivity index (χ2v) is 5.72. The standard InChI is InChI=1S/C16H13ClF2N2O3/c17-11-9-13(19)12(18)8-10(11)15(22)20-3-5-21(6-4-20)16(23)14-2-1-7-24-14/h1-2,7-9H,3-6H2. The minimum absolute atomic E-state index is 0.0959. The molecular weight excluding hydrogens is 342 g/mol. The number of hydrogen-bond donors (Lipinski definition) is 0. The summed E-state index contributed by atoms with van der Waals surface area (Å²) < 4.78 is 31.5. The van der Waals surface area contributed by atoms with Crippen molar-refractivity contribution in [1.82, 2.24) is 9.80 Å². The van der Waals surface area contributed by atoms with E-state index in [1.807, 2.05) is 0 Å². The van der Waals surface area contributed by atoms with E-state index in [0.717, 1.165) is 12.1 Å². The Labute approximate surface area is 141 Å². The van der Waals surface area contributed by atoms with Crippen molar-refractivity contribution < 1.29 is 22.8 Å². The highest BCUT2D eigenvalue weighted by molar-refractivity contribution is 6.33. The molecule has 126 valence electrons. The molecule has 1 aromatic carbocycles. The second-order valence-electron chi connectivity index (χ2n) is 5.31. The largest absolute Gasteiger partial charge is 0.459 e. The highest BCUT2D eigenvalue weighted by Crippen LogP contribution is 2.22. The Balaban J connectivity index is 1.67.